The van der Waals surface area contributed by atoms with Crippen LogP contribution < -0.4 is 11.7 Å². The van der Waals surface area contributed by atoms with Crippen LogP contribution in [0.3, 0.4) is 0 Å². The molecule has 0 aromatic carbocycles. The first-order valence-corrected chi connectivity index (χ1v) is 6.84. The maximum Gasteiger partial charge on any atom is 0.0238 e. The fourth-order valence-corrected chi connectivity index (χ4v) is 1.48. The Morgan fingerprint density at radius 2 is 1.65 bits per heavy atom. The van der Waals surface area contributed by atoms with Gasteiger partial charge >= 0.3 is 0 Å². The molecule has 0 radical (unpaired) electrons. The average Bonchev–Trinajstić information content (AvgIpc) is 2.34. The van der Waals surface area contributed by atoms with Crippen LogP contribution in [-0.2, 0) is 0 Å². The Balaban J connectivity index is -0.000000337. The van der Waals surface area contributed by atoms with Crippen LogP contribution in [0.15, 0.2) is 5.10 Å². The van der Waals surface area contributed by atoms with Crippen molar-refractivity contribution in [3.8, 4) is 0 Å². The van der Waals surface area contributed by atoms with Crippen LogP contribution >= 0.6 is 0 Å². The number of nitrogens with zero attached hydrogens (tertiary/aromatic N) is 2. The van der Waals surface area contributed by atoms with Crippen molar-refractivity contribution in [3.05, 3.63) is 0 Å². The van der Waals surface area contributed by atoms with Gasteiger partial charge in [-0.15, -0.1) is 0 Å². The number of hydrazone groups is 1. The van der Waals surface area contributed by atoms with Gasteiger partial charge in [-0.05, 0) is 19.3 Å². The summed E-state index contributed by atoms with van der Waals surface area (Å²) in [5.41, 5.74) is 0. The summed E-state index contributed by atoms with van der Waals surface area (Å²) in [6.45, 7) is 14.5. The van der Waals surface area contributed by atoms with E-state index in [0.29, 0.717) is 6.04 Å². The maximum atomic E-state index is 5.91. The van der Waals surface area contributed by atoms with Crippen molar-refractivity contribution in [1.82, 2.24) is 5.01 Å². The molecule has 106 valence electrons. The number of nitrogens with two attached hydrogens (primary N) is 2. The molecule has 0 aromatic rings. The number of unbranched alkanes of at least 4 members (excludes halogenated alkanes) is 1. The summed E-state index contributed by atoms with van der Waals surface area (Å²) in [6.07, 6.45) is 6.16. The molecule has 1 atom stereocenters. The third-order valence-corrected chi connectivity index (χ3v) is 2.31. The van der Waals surface area contributed by atoms with E-state index < -0.39 is 0 Å². The van der Waals surface area contributed by atoms with Crippen LogP contribution in [0.1, 0.15) is 66.7 Å². The smallest absolute Gasteiger partial charge is 0.0238 e. The Kier molecular flexibility index (Phi) is 26.4. The first-order chi connectivity index (χ1) is 8.17. The Morgan fingerprint density at radius 1 is 1.18 bits per heavy atom. The zero-order valence-electron chi connectivity index (χ0n) is 12.6. The summed E-state index contributed by atoms with van der Waals surface area (Å²) in [4.78, 5) is 0. The molecule has 1 unspecified atom stereocenters. The monoisotopic (exact) mass is 246 g/mol. The van der Waals surface area contributed by atoms with Crippen molar-refractivity contribution >= 4 is 6.72 Å². The zero-order chi connectivity index (χ0) is 14.1. The quantitative estimate of drug-likeness (QED) is 0.412. The van der Waals surface area contributed by atoms with Gasteiger partial charge in [-0.2, -0.15) is 5.10 Å². The van der Waals surface area contributed by atoms with Crippen LogP contribution in [-0.4, -0.2) is 24.3 Å². The molecular weight excluding hydrogens is 212 g/mol. The summed E-state index contributed by atoms with van der Waals surface area (Å²) < 4.78 is 0. The molecule has 0 bridgehead atoms. The second-order valence-electron chi connectivity index (χ2n) is 3.62. The minimum absolute atomic E-state index is 0.602. The lowest BCUT2D eigenvalue weighted by Gasteiger charge is -2.25. The predicted octanol–water partition coefficient (Wildman–Crippen LogP) is 3.13. The summed E-state index contributed by atoms with van der Waals surface area (Å²) >= 11 is 0. The molecule has 0 aliphatic carbocycles. The summed E-state index contributed by atoms with van der Waals surface area (Å²) in [5.74, 6) is 10.3. The van der Waals surface area contributed by atoms with E-state index in [4.69, 9.17) is 5.84 Å². The molecule has 0 spiro atoms. The van der Waals surface area contributed by atoms with Crippen LogP contribution in [0.25, 0.3) is 0 Å². The second kappa shape index (κ2) is 20.8. The van der Waals surface area contributed by atoms with Crippen LogP contribution in [0.4, 0.5) is 0 Å². The highest BCUT2D eigenvalue weighted by atomic mass is 15.4. The lowest BCUT2D eigenvalue weighted by atomic mass is 10.1. The van der Waals surface area contributed by atoms with Gasteiger partial charge in [0, 0.05) is 19.3 Å². The second-order valence-corrected chi connectivity index (χ2v) is 3.62. The van der Waals surface area contributed by atoms with Gasteiger partial charge in [0.2, 0.25) is 0 Å². The number of hydrogen-bond donors (Lipinski definition) is 2. The first-order valence-electron chi connectivity index (χ1n) is 6.84. The number of rotatable bonds is 7. The SMILES string of the molecule is C=NN.CC.CCCCC(CC)N(N)CCC. The van der Waals surface area contributed by atoms with Gasteiger partial charge in [0.15, 0.2) is 0 Å². The van der Waals surface area contributed by atoms with Crippen LogP contribution in [0.5, 0.6) is 0 Å². The third-order valence-electron chi connectivity index (χ3n) is 2.31. The molecule has 0 aliphatic rings. The van der Waals surface area contributed by atoms with Crippen molar-refractivity contribution in [2.75, 3.05) is 6.54 Å². The molecule has 0 aromatic heterocycles. The zero-order valence-corrected chi connectivity index (χ0v) is 12.6. The Hall–Kier alpha value is -0.610. The Bertz CT molecular complexity index is 129. The van der Waals surface area contributed by atoms with E-state index >= 15 is 0 Å². The van der Waals surface area contributed by atoms with Crippen molar-refractivity contribution < 1.29 is 0 Å². The van der Waals surface area contributed by atoms with Crippen molar-refractivity contribution in [1.29, 1.82) is 0 Å². The standard InChI is InChI=1S/C10H24N2.C2H6.CH4N2/c1-4-7-8-10(6-3)12(11)9-5-2;1-2;1-3-2/h10H,4-9,11H2,1-3H3;1-2H3;1-2H2. The minimum Gasteiger partial charge on any atom is -0.324 e. The Labute approximate surface area is 108 Å². The predicted molar refractivity (Wildman–Crippen MR) is 79.9 cm³/mol. The highest BCUT2D eigenvalue weighted by Crippen LogP contribution is 2.09. The van der Waals surface area contributed by atoms with Crippen molar-refractivity contribution in [3.63, 3.8) is 0 Å². The fourth-order valence-electron chi connectivity index (χ4n) is 1.48. The summed E-state index contributed by atoms with van der Waals surface area (Å²) in [6, 6.07) is 0.602. The molecule has 4 N–H and O–H groups in total. The maximum absolute atomic E-state index is 5.91. The van der Waals surface area contributed by atoms with E-state index in [2.05, 4.69) is 38.4 Å². The molecule has 0 rings (SSSR count). The van der Waals surface area contributed by atoms with E-state index in [-0.39, 0.29) is 0 Å². The van der Waals surface area contributed by atoms with E-state index in [1.165, 1.54) is 25.7 Å². The van der Waals surface area contributed by atoms with E-state index in [0.717, 1.165) is 13.0 Å². The highest BCUT2D eigenvalue weighted by molar-refractivity contribution is 5.21. The molecule has 0 heterocycles. The topological polar surface area (TPSA) is 67.6 Å². The van der Waals surface area contributed by atoms with Gasteiger partial charge in [0.25, 0.3) is 0 Å². The van der Waals surface area contributed by atoms with Gasteiger partial charge in [0.05, 0.1) is 0 Å². The van der Waals surface area contributed by atoms with Gasteiger partial charge in [0.1, 0.15) is 0 Å². The summed E-state index contributed by atoms with van der Waals surface area (Å²) in [5, 5.41) is 4.76. The molecular formula is C13H34N4. The summed E-state index contributed by atoms with van der Waals surface area (Å²) in [7, 11) is 0. The lowest BCUT2D eigenvalue weighted by molar-refractivity contribution is 0.182. The molecule has 4 heteroatoms. The van der Waals surface area contributed by atoms with Gasteiger partial charge in [-0.3, -0.25) is 5.84 Å². The highest BCUT2D eigenvalue weighted by Gasteiger charge is 2.10. The first kappa shape index (κ1) is 21.7. The molecule has 4 nitrogen and oxygen atoms in total. The van der Waals surface area contributed by atoms with E-state index in [1.807, 2.05) is 18.9 Å². The molecule has 17 heavy (non-hydrogen) atoms. The molecule has 0 aliphatic heterocycles. The van der Waals surface area contributed by atoms with E-state index in [9.17, 15) is 0 Å². The van der Waals surface area contributed by atoms with Gasteiger partial charge in [-0.1, -0.05) is 47.5 Å². The fraction of sp³-hybridized carbons (Fsp3) is 0.923. The number of hydrazine groups is 1. The van der Waals surface area contributed by atoms with E-state index in [1.54, 1.807) is 0 Å². The largest absolute Gasteiger partial charge is 0.324 e. The lowest BCUT2D eigenvalue weighted by Crippen LogP contribution is -2.41. The molecule has 0 amide bonds. The van der Waals surface area contributed by atoms with Crippen LogP contribution in [0, 0.1) is 0 Å². The van der Waals surface area contributed by atoms with Crippen molar-refractivity contribution in [2.45, 2.75) is 72.8 Å². The van der Waals surface area contributed by atoms with Crippen LogP contribution in [0.2, 0.25) is 0 Å². The average molecular weight is 246 g/mol. The molecule has 0 fully saturated rings. The molecule has 0 saturated carbocycles. The third kappa shape index (κ3) is 18.0. The Morgan fingerprint density at radius 3 is 1.94 bits per heavy atom. The minimum atomic E-state index is 0.602. The normalized spacial score (nSPS) is 10.8. The van der Waals surface area contributed by atoms with Gasteiger partial charge < -0.3 is 5.84 Å². The van der Waals surface area contributed by atoms with Gasteiger partial charge in [-0.25, -0.2) is 5.01 Å². The molecule has 0 saturated heterocycles. The van der Waals surface area contributed by atoms with Crippen molar-refractivity contribution in [2.24, 2.45) is 16.8 Å². The number of hydrogen-bond acceptors (Lipinski definition) is 4.